The van der Waals surface area contributed by atoms with E-state index < -0.39 is 0 Å². The lowest BCUT2D eigenvalue weighted by Crippen LogP contribution is -2.43. The van der Waals surface area contributed by atoms with Crippen LogP contribution in [0.4, 0.5) is 0 Å². The Hall–Kier alpha value is -4.10. The minimum absolute atomic E-state index is 0.0383. The molecule has 0 saturated carbocycles. The summed E-state index contributed by atoms with van der Waals surface area (Å²) >= 11 is 1.63. The van der Waals surface area contributed by atoms with Crippen LogP contribution in [0.3, 0.4) is 0 Å². The topological polar surface area (TPSA) is 59.1 Å². The van der Waals surface area contributed by atoms with Crippen molar-refractivity contribution in [1.29, 1.82) is 0 Å². The molecule has 0 saturated heterocycles. The van der Waals surface area contributed by atoms with Crippen LogP contribution >= 0.6 is 11.3 Å². The number of rotatable bonds is 14. The molecule has 0 radical (unpaired) electrons. The molecule has 7 heteroatoms. The fraction of sp³-hybridized carbons (Fsp3) is 0.294. The SMILES string of the molecule is CCCCN(CC(=O)N(CCc1ccc(OC)c(OC)c1)Cc1cccs1)C(=O)c1ccc(-c2ccccc2)cc1. The van der Waals surface area contributed by atoms with Gasteiger partial charge in [0.15, 0.2) is 11.5 Å². The van der Waals surface area contributed by atoms with Gasteiger partial charge in [0.05, 0.1) is 20.8 Å². The molecule has 6 nitrogen and oxygen atoms in total. The van der Waals surface area contributed by atoms with Crippen LogP contribution in [-0.4, -0.2) is 55.5 Å². The number of nitrogens with zero attached hydrogens (tertiary/aromatic N) is 2. The molecule has 0 spiro atoms. The molecule has 0 bridgehead atoms. The number of benzene rings is 3. The van der Waals surface area contributed by atoms with Gasteiger partial charge in [-0.25, -0.2) is 0 Å². The Balaban J connectivity index is 1.49. The molecular weight excluding hydrogens is 532 g/mol. The van der Waals surface area contributed by atoms with E-state index >= 15 is 0 Å². The number of ether oxygens (including phenoxy) is 2. The molecule has 4 rings (SSSR count). The highest BCUT2D eigenvalue weighted by Gasteiger charge is 2.23. The highest BCUT2D eigenvalue weighted by Crippen LogP contribution is 2.28. The van der Waals surface area contributed by atoms with Crippen LogP contribution in [0.2, 0.25) is 0 Å². The molecule has 0 atom stereocenters. The van der Waals surface area contributed by atoms with Gasteiger partial charge in [0, 0.05) is 23.5 Å². The van der Waals surface area contributed by atoms with Crippen molar-refractivity contribution < 1.29 is 19.1 Å². The Labute approximate surface area is 247 Å². The van der Waals surface area contributed by atoms with Crippen LogP contribution in [0.15, 0.2) is 90.3 Å². The van der Waals surface area contributed by atoms with Crippen molar-refractivity contribution in [3.63, 3.8) is 0 Å². The number of hydrogen-bond acceptors (Lipinski definition) is 5. The van der Waals surface area contributed by atoms with Gasteiger partial charge in [0.1, 0.15) is 6.54 Å². The second kappa shape index (κ2) is 15.1. The van der Waals surface area contributed by atoms with Crippen molar-refractivity contribution in [1.82, 2.24) is 9.80 Å². The standard InChI is InChI=1S/C34H38N2O4S/c1-4-5-20-36(34(38)29-16-14-28(15-17-29)27-10-7-6-8-11-27)25-33(37)35(24-30-12-9-22-41-30)21-19-26-13-18-31(39-2)32(23-26)40-3/h6-18,22-23H,4-5,19-21,24-25H2,1-3H3. The van der Waals surface area contributed by atoms with Crippen molar-refractivity contribution in [2.24, 2.45) is 0 Å². The number of amides is 2. The van der Waals surface area contributed by atoms with Crippen LogP contribution in [0.25, 0.3) is 11.1 Å². The summed E-state index contributed by atoms with van der Waals surface area (Å²) in [5.74, 6) is 1.15. The predicted molar refractivity (Wildman–Crippen MR) is 166 cm³/mol. The summed E-state index contributed by atoms with van der Waals surface area (Å²) in [5, 5.41) is 2.02. The predicted octanol–water partition coefficient (Wildman–Crippen LogP) is 6.95. The summed E-state index contributed by atoms with van der Waals surface area (Å²) in [6.07, 6.45) is 2.42. The van der Waals surface area contributed by atoms with E-state index in [1.807, 2.05) is 95.2 Å². The van der Waals surface area contributed by atoms with Crippen molar-refractivity contribution in [2.45, 2.75) is 32.7 Å². The Morgan fingerprint density at radius 1 is 0.780 bits per heavy atom. The summed E-state index contributed by atoms with van der Waals surface area (Å²) in [5.41, 5.74) is 3.78. The smallest absolute Gasteiger partial charge is 0.254 e. The van der Waals surface area contributed by atoms with E-state index in [-0.39, 0.29) is 18.4 Å². The van der Waals surface area contributed by atoms with Crippen LogP contribution in [0.1, 0.15) is 40.6 Å². The Bertz CT molecular complexity index is 1390. The Kier molecular flexibility index (Phi) is 11.0. The van der Waals surface area contributed by atoms with E-state index in [1.165, 1.54) is 0 Å². The zero-order chi connectivity index (χ0) is 29.0. The van der Waals surface area contributed by atoms with Gasteiger partial charge in [-0.2, -0.15) is 0 Å². The zero-order valence-electron chi connectivity index (χ0n) is 24.0. The van der Waals surface area contributed by atoms with E-state index in [2.05, 4.69) is 6.92 Å². The molecule has 41 heavy (non-hydrogen) atoms. The first kappa shape index (κ1) is 29.9. The van der Waals surface area contributed by atoms with Crippen molar-refractivity contribution in [2.75, 3.05) is 33.9 Å². The molecule has 1 aromatic heterocycles. The highest BCUT2D eigenvalue weighted by atomic mass is 32.1. The first-order valence-corrected chi connectivity index (χ1v) is 14.9. The van der Waals surface area contributed by atoms with E-state index in [0.29, 0.717) is 43.1 Å². The molecule has 3 aromatic carbocycles. The number of carbonyl (C=O) groups is 2. The van der Waals surface area contributed by atoms with Crippen molar-refractivity contribution >= 4 is 23.2 Å². The fourth-order valence-electron chi connectivity index (χ4n) is 4.67. The van der Waals surface area contributed by atoms with Gasteiger partial charge in [-0.15, -0.1) is 11.3 Å². The van der Waals surface area contributed by atoms with Crippen molar-refractivity contribution in [3.8, 4) is 22.6 Å². The normalized spacial score (nSPS) is 10.7. The zero-order valence-corrected chi connectivity index (χ0v) is 24.9. The number of thiophene rings is 1. The average Bonchev–Trinajstić information content (AvgIpc) is 3.54. The molecule has 0 unspecified atom stereocenters. The van der Waals surface area contributed by atoms with Crippen LogP contribution < -0.4 is 9.47 Å². The molecule has 0 aliphatic rings. The monoisotopic (exact) mass is 570 g/mol. The van der Waals surface area contributed by atoms with Crippen LogP contribution in [-0.2, 0) is 17.8 Å². The summed E-state index contributed by atoms with van der Waals surface area (Å²) in [4.78, 5) is 32.0. The van der Waals surface area contributed by atoms with Crippen LogP contribution in [0.5, 0.6) is 11.5 Å². The summed E-state index contributed by atoms with van der Waals surface area (Å²) in [7, 11) is 3.23. The van der Waals surface area contributed by atoms with Gasteiger partial charge in [-0.05, 0) is 65.2 Å². The third-order valence-electron chi connectivity index (χ3n) is 7.03. The molecule has 0 N–H and O–H groups in total. The second-order valence-electron chi connectivity index (χ2n) is 9.86. The lowest BCUT2D eigenvalue weighted by Gasteiger charge is -2.28. The summed E-state index contributed by atoms with van der Waals surface area (Å²) < 4.78 is 10.8. The van der Waals surface area contributed by atoms with Gasteiger partial charge in [-0.1, -0.05) is 67.9 Å². The summed E-state index contributed by atoms with van der Waals surface area (Å²) in [6, 6.07) is 27.6. The Morgan fingerprint density at radius 3 is 2.17 bits per heavy atom. The molecule has 1 heterocycles. The summed E-state index contributed by atoms with van der Waals surface area (Å²) in [6.45, 7) is 3.69. The number of methoxy groups -OCH3 is 2. The molecule has 0 aliphatic heterocycles. The van der Waals surface area contributed by atoms with Crippen LogP contribution in [0, 0.1) is 0 Å². The van der Waals surface area contributed by atoms with Gasteiger partial charge >= 0.3 is 0 Å². The molecule has 0 aliphatic carbocycles. The highest BCUT2D eigenvalue weighted by molar-refractivity contribution is 7.09. The minimum atomic E-state index is -0.123. The quantitative estimate of drug-likeness (QED) is 0.165. The first-order valence-electron chi connectivity index (χ1n) is 14.0. The van der Waals surface area contributed by atoms with Gasteiger partial charge in [-0.3, -0.25) is 9.59 Å². The first-order chi connectivity index (χ1) is 20.0. The molecular formula is C34H38N2O4S. The largest absolute Gasteiger partial charge is 0.493 e. The maximum atomic E-state index is 13.8. The number of unbranched alkanes of at least 4 members (excludes halogenated alkanes) is 1. The molecule has 2 amide bonds. The second-order valence-corrected chi connectivity index (χ2v) is 10.9. The number of carbonyl (C=O) groups excluding carboxylic acids is 2. The van der Waals surface area contributed by atoms with Crippen molar-refractivity contribution in [3.05, 3.63) is 106 Å². The van der Waals surface area contributed by atoms with Gasteiger partial charge in [0.2, 0.25) is 5.91 Å². The Morgan fingerprint density at radius 2 is 1.51 bits per heavy atom. The van der Waals surface area contributed by atoms with Gasteiger partial charge < -0.3 is 19.3 Å². The fourth-order valence-corrected chi connectivity index (χ4v) is 5.39. The maximum absolute atomic E-state index is 13.8. The van der Waals surface area contributed by atoms with E-state index in [4.69, 9.17) is 9.47 Å². The lowest BCUT2D eigenvalue weighted by molar-refractivity contribution is -0.132. The third-order valence-corrected chi connectivity index (χ3v) is 7.89. The van der Waals surface area contributed by atoms with Gasteiger partial charge in [0.25, 0.3) is 5.91 Å². The molecule has 0 fully saturated rings. The van der Waals surface area contributed by atoms with E-state index in [0.717, 1.165) is 34.4 Å². The lowest BCUT2D eigenvalue weighted by atomic mass is 10.0. The minimum Gasteiger partial charge on any atom is -0.493 e. The maximum Gasteiger partial charge on any atom is 0.254 e. The number of hydrogen-bond donors (Lipinski definition) is 0. The molecule has 214 valence electrons. The van der Waals surface area contributed by atoms with E-state index in [9.17, 15) is 9.59 Å². The van der Waals surface area contributed by atoms with E-state index in [1.54, 1.807) is 30.5 Å². The average molecular weight is 571 g/mol. The third kappa shape index (κ3) is 8.21. The molecule has 4 aromatic rings.